The number of nitrogen functional groups attached to an aromatic ring is 1. The van der Waals surface area contributed by atoms with Crippen molar-refractivity contribution >= 4 is 34.7 Å². The Kier molecular flexibility index (Phi) is 3.55. The Hall–Kier alpha value is -1.58. The number of carbonyl (C=O) groups is 1. The summed E-state index contributed by atoms with van der Waals surface area (Å²) in [5.74, 6) is -1.02. The van der Waals surface area contributed by atoms with Gasteiger partial charge in [0.05, 0.1) is 15.7 Å². The Balaban J connectivity index is 2.48. The van der Waals surface area contributed by atoms with Crippen LogP contribution in [0.4, 0.5) is 10.1 Å². The quantitative estimate of drug-likeness (QED) is 0.670. The maximum Gasteiger partial charge on any atom is 0.195 e. The SMILES string of the molecule is Nc1c(F)cccc1C(=O)c1ccc(Cl)c(Cl)c1. The van der Waals surface area contributed by atoms with Gasteiger partial charge in [-0.25, -0.2) is 4.39 Å². The zero-order valence-corrected chi connectivity index (χ0v) is 10.6. The van der Waals surface area contributed by atoms with Crippen LogP contribution in [-0.4, -0.2) is 5.78 Å². The molecule has 0 saturated heterocycles. The second kappa shape index (κ2) is 4.96. The molecule has 0 heterocycles. The van der Waals surface area contributed by atoms with E-state index in [1.807, 2.05) is 0 Å². The van der Waals surface area contributed by atoms with Gasteiger partial charge >= 0.3 is 0 Å². The van der Waals surface area contributed by atoms with Crippen molar-refractivity contribution < 1.29 is 9.18 Å². The third kappa shape index (κ3) is 2.33. The van der Waals surface area contributed by atoms with Crippen LogP contribution in [0.3, 0.4) is 0 Å². The Labute approximate surface area is 113 Å². The number of halogens is 3. The highest BCUT2D eigenvalue weighted by atomic mass is 35.5. The topological polar surface area (TPSA) is 43.1 Å². The molecule has 2 N–H and O–H groups in total. The molecule has 0 aromatic heterocycles. The van der Waals surface area contributed by atoms with Crippen LogP contribution >= 0.6 is 23.2 Å². The third-order valence-corrected chi connectivity index (χ3v) is 3.22. The molecular formula is C13H8Cl2FNO. The van der Waals surface area contributed by atoms with Gasteiger partial charge in [0.25, 0.3) is 0 Å². The molecule has 0 aliphatic heterocycles. The fraction of sp³-hybridized carbons (Fsp3) is 0. The normalized spacial score (nSPS) is 10.4. The molecule has 0 spiro atoms. The Morgan fingerprint density at radius 3 is 2.50 bits per heavy atom. The molecule has 5 heteroatoms. The summed E-state index contributed by atoms with van der Waals surface area (Å²) in [7, 11) is 0. The first-order valence-electron chi connectivity index (χ1n) is 5.04. The molecule has 2 aromatic rings. The average molecular weight is 284 g/mol. The van der Waals surface area contributed by atoms with Crippen LogP contribution in [0.25, 0.3) is 0 Å². The minimum atomic E-state index is -0.624. The molecule has 92 valence electrons. The monoisotopic (exact) mass is 283 g/mol. The van der Waals surface area contributed by atoms with E-state index < -0.39 is 11.6 Å². The Morgan fingerprint density at radius 1 is 1.11 bits per heavy atom. The predicted molar refractivity (Wildman–Crippen MR) is 70.7 cm³/mol. The van der Waals surface area contributed by atoms with Crippen LogP contribution in [0.1, 0.15) is 15.9 Å². The Bertz CT molecular complexity index is 628. The van der Waals surface area contributed by atoms with Crippen molar-refractivity contribution in [3.8, 4) is 0 Å². The fourth-order valence-electron chi connectivity index (χ4n) is 1.53. The zero-order valence-electron chi connectivity index (χ0n) is 9.08. The molecule has 18 heavy (non-hydrogen) atoms. The van der Waals surface area contributed by atoms with Gasteiger partial charge in [0.2, 0.25) is 0 Å². The maximum atomic E-state index is 13.3. The largest absolute Gasteiger partial charge is 0.396 e. The lowest BCUT2D eigenvalue weighted by Crippen LogP contribution is -2.06. The van der Waals surface area contributed by atoms with Crippen LogP contribution in [-0.2, 0) is 0 Å². The number of benzene rings is 2. The van der Waals surface area contributed by atoms with Gasteiger partial charge in [-0.15, -0.1) is 0 Å². The first-order valence-corrected chi connectivity index (χ1v) is 5.80. The molecule has 0 aliphatic carbocycles. The third-order valence-electron chi connectivity index (χ3n) is 2.48. The number of anilines is 1. The molecular weight excluding hydrogens is 276 g/mol. The summed E-state index contributed by atoms with van der Waals surface area (Å²) in [6, 6.07) is 8.53. The van der Waals surface area contributed by atoms with Gasteiger partial charge in [-0.1, -0.05) is 29.3 Å². The van der Waals surface area contributed by atoms with Crippen LogP contribution in [0.5, 0.6) is 0 Å². The van der Waals surface area contributed by atoms with Gasteiger partial charge in [0.1, 0.15) is 5.82 Å². The zero-order chi connectivity index (χ0) is 13.3. The summed E-state index contributed by atoms with van der Waals surface area (Å²) in [4.78, 5) is 12.1. The molecule has 2 aromatic carbocycles. The number of hydrogen-bond donors (Lipinski definition) is 1. The molecule has 0 radical (unpaired) electrons. The van der Waals surface area contributed by atoms with E-state index in [2.05, 4.69) is 0 Å². The molecule has 0 saturated carbocycles. The lowest BCUT2D eigenvalue weighted by molar-refractivity contribution is 0.103. The van der Waals surface area contributed by atoms with E-state index in [-0.39, 0.29) is 16.3 Å². The summed E-state index contributed by atoms with van der Waals surface area (Å²) in [6.45, 7) is 0. The van der Waals surface area contributed by atoms with Crippen LogP contribution < -0.4 is 5.73 Å². The molecule has 0 bridgehead atoms. The predicted octanol–water partition coefficient (Wildman–Crippen LogP) is 3.95. The summed E-state index contributed by atoms with van der Waals surface area (Å²) < 4.78 is 13.3. The van der Waals surface area contributed by atoms with Crippen molar-refractivity contribution in [2.24, 2.45) is 0 Å². The lowest BCUT2D eigenvalue weighted by Gasteiger charge is -2.06. The van der Waals surface area contributed by atoms with Crippen molar-refractivity contribution in [2.45, 2.75) is 0 Å². The molecule has 0 fully saturated rings. The molecule has 2 rings (SSSR count). The summed E-state index contributed by atoms with van der Waals surface area (Å²) in [5.41, 5.74) is 5.77. The molecule has 0 atom stereocenters. The summed E-state index contributed by atoms with van der Waals surface area (Å²) in [6.07, 6.45) is 0. The maximum absolute atomic E-state index is 13.3. The highest BCUT2D eigenvalue weighted by Crippen LogP contribution is 2.25. The number of para-hydroxylation sites is 1. The minimum absolute atomic E-state index is 0.105. The second-order valence-electron chi connectivity index (χ2n) is 3.66. The smallest absolute Gasteiger partial charge is 0.195 e. The van der Waals surface area contributed by atoms with Crippen molar-refractivity contribution in [3.63, 3.8) is 0 Å². The van der Waals surface area contributed by atoms with E-state index in [0.717, 1.165) is 0 Å². The van der Waals surface area contributed by atoms with Gasteiger partial charge in [-0.05, 0) is 30.3 Å². The summed E-state index contributed by atoms with van der Waals surface area (Å²) in [5, 5.41) is 0.609. The van der Waals surface area contributed by atoms with E-state index in [1.54, 1.807) is 0 Å². The van der Waals surface area contributed by atoms with Crippen molar-refractivity contribution in [1.82, 2.24) is 0 Å². The molecule has 0 aliphatic rings. The minimum Gasteiger partial charge on any atom is -0.396 e. The number of rotatable bonds is 2. The average Bonchev–Trinajstić information content (AvgIpc) is 2.35. The number of hydrogen-bond acceptors (Lipinski definition) is 2. The van der Waals surface area contributed by atoms with Crippen LogP contribution in [0, 0.1) is 5.82 Å². The molecule has 0 unspecified atom stereocenters. The highest BCUT2D eigenvalue weighted by Gasteiger charge is 2.15. The van der Waals surface area contributed by atoms with Crippen molar-refractivity contribution in [2.75, 3.05) is 5.73 Å². The first-order chi connectivity index (χ1) is 8.50. The van der Waals surface area contributed by atoms with E-state index in [1.165, 1.54) is 36.4 Å². The number of ketones is 1. The van der Waals surface area contributed by atoms with E-state index in [0.29, 0.717) is 10.6 Å². The second-order valence-corrected chi connectivity index (χ2v) is 4.47. The van der Waals surface area contributed by atoms with Crippen LogP contribution in [0.15, 0.2) is 36.4 Å². The van der Waals surface area contributed by atoms with Gasteiger partial charge in [0.15, 0.2) is 5.78 Å². The Morgan fingerprint density at radius 2 is 1.83 bits per heavy atom. The number of nitrogens with two attached hydrogens (primary N) is 1. The van der Waals surface area contributed by atoms with E-state index >= 15 is 0 Å². The van der Waals surface area contributed by atoms with E-state index in [4.69, 9.17) is 28.9 Å². The van der Waals surface area contributed by atoms with Gasteiger partial charge in [-0.2, -0.15) is 0 Å². The van der Waals surface area contributed by atoms with Crippen molar-refractivity contribution in [1.29, 1.82) is 0 Å². The van der Waals surface area contributed by atoms with E-state index in [9.17, 15) is 9.18 Å². The van der Waals surface area contributed by atoms with Crippen LogP contribution in [0.2, 0.25) is 10.0 Å². The molecule has 2 nitrogen and oxygen atoms in total. The standard InChI is InChI=1S/C13H8Cl2FNO/c14-9-5-4-7(6-10(9)15)13(18)8-2-1-3-11(16)12(8)17/h1-6H,17H2. The number of carbonyl (C=O) groups excluding carboxylic acids is 1. The highest BCUT2D eigenvalue weighted by molar-refractivity contribution is 6.42. The fourth-order valence-corrected chi connectivity index (χ4v) is 1.83. The van der Waals surface area contributed by atoms with Gasteiger partial charge < -0.3 is 5.73 Å². The van der Waals surface area contributed by atoms with Crippen molar-refractivity contribution in [3.05, 3.63) is 63.4 Å². The first kappa shape index (κ1) is 12.9. The van der Waals surface area contributed by atoms with Gasteiger partial charge in [0, 0.05) is 11.1 Å². The lowest BCUT2D eigenvalue weighted by atomic mass is 10.0. The molecule has 0 amide bonds. The van der Waals surface area contributed by atoms with Gasteiger partial charge in [-0.3, -0.25) is 4.79 Å². The summed E-state index contributed by atoms with van der Waals surface area (Å²) >= 11 is 11.6.